The van der Waals surface area contributed by atoms with Gasteiger partial charge in [-0.3, -0.25) is 10.1 Å². The molecule has 34 heavy (non-hydrogen) atoms. The molecule has 2 aromatic carbocycles. The van der Waals surface area contributed by atoms with Gasteiger partial charge < -0.3 is 19.9 Å². The van der Waals surface area contributed by atoms with E-state index in [0.29, 0.717) is 17.0 Å². The minimum Gasteiger partial charge on any atom is -0.478 e. The maximum absolute atomic E-state index is 13.4. The van der Waals surface area contributed by atoms with Crippen LogP contribution in [0.4, 0.5) is 5.69 Å². The molecule has 0 saturated heterocycles. The van der Waals surface area contributed by atoms with Crippen LogP contribution in [0.5, 0.6) is 0 Å². The molecule has 178 valence electrons. The van der Waals surface area contributed by atoms with Crippen LogP contribution in [0.1, 0.15) is 37.8 Å². The van der Waals surface area contributed by atoms with Crippen molar-refractivity contribution in [1.82, 2.24) is 5.32 Å². The second-order valence-corrected chi connectivity index (χ2v) is 8.17. The van der Waals surface area contributed by atoms with E-state index in [1.807, 2.05) is 30.3 Å². The minimum absolute atomic E-state index is 0.0648. The molecule has 0 aliphatic carbocycles. The number of ether oxygens (including phenoxy) is 2. The van der Waals surface area contributed by atoms with Gasteiger partial charge in [0.1, 0.15) is 12.2 Å². The molecular weight excluding hydrogens is 440 g/mol. The summed E-state index contributed by atoms with van der Waals surface area (Å²) in [5.41, 5.74) is 0.680. The first-order chi connectivity index (χ1) is 16.1. The van der Waals surface area contributed by atoms with Gasteiger partial charge in [0, 0.05) is 30.6 Å². The summed E-state index contributed by atoms with van der Waals surface area (Å²) in [7, 11) is 1.51. The molecule has 9 nitrogen and oxygen atoms in total. The molecule has 9 heteroatoms. The number of methoxy groups -OCH3 is 1. The average molecular weight is 466 g/mol. The van der Waals surface area contributed by atoms with Crippen LogP contribution in [-0.4, -0.2) is 35.7 Å². The Hall–Kier alpha value is -3.98. The first-order valence-electron chi connectivity index (χ1n) is 10.5. The zero-order valence-electron chi connectivity index (χ0n) is 19.3. The lowest BCUT2D eigenvalue weighted by molar-refractivity contribution is -0.384. The summed E-state index contributed by atoms with van der Waals surface area (Å²) in [6.45, 7) is 4.86. The van der Waals surface area contributed by atoms with Crippen molar-refractivity contribution in [2.45, 2.75) is 32.3 Å². The number of hydrogen-bond acceptors (Lipinski definition) is 7. The van der Waals surface area contributed by atoms with Crippen molar-refractivity contribution in [3.05, 3.63) is 98.4 Å². The second-order valence-electron chi connectivity index (χ2n) is 8.17. The highest BCUT2D eigenvalue weighted by Crippen LogP contribution is 2.40. The van der Waals surface area contributed by atoms with Crippen molar-refractivity contribution in [3.8, 4) is 0 Å². The van der Waals surface area contributed by atoms with E-state index in [0.717, 1.165) is 5.56 Å². The molecule has 1 aliphatic heterocycles. The lowest BCUT2D eigenvalue weighted by atomic mass is 9.80. The van der Waals surface area contributed by atoms with E-state index >= 15 is 0 Å². The fraction of sp³-hybridized carbons (Fsp3) is 0.280. The van der Waals surface area contributed by atoms with Gasteiger partial charge in [-0.05, 0) is 31.9 Å². The Morgan fingerprint density at radius 3 is 2.32 bits per heavy atom. The fourth-order valence-corrected chi connectivity index (χ4v) is 4.03. The maximum Gasteiger partial charge on any atom is 0.336 e. The van der Waals surface area contributed by atoms with Crippen LogP contribution in [0.3, 0.4) is 0 Å². The largest absolute Gasteiger partial charge is 0.478 e. The highest BCUT2D eigenvalue weighted by molar-refractivity contribution is 5.99. The number of nitrogens with zero attached hydrogens (tertiary/aromatic N) is 1. The van der Waals surface area contributed by atoms with Gasteiger partial charge in [0.25, 0.3) is 5.69 Å². The molecule has 0 fully saturated rings. The molecule has 2 N–H and O–H groups in total. The zero-order valence-corrected chi connectivity index (χ0v) is 19.3. The van der Waals surface area contributed by atoms with Crippen LogP contribution in [-0.2, 0) is 24.7 Å². The van der Waals surface area contributed by atoms with Crippen molar-refractivity contribution in [3.63, 3.8) is 0 Å². The third-order valence-corrected chi connectivity index (χ3v) is 5.94. The van der Waals surface area contributed by atoms with Crippen LogP contribution in [0.2, 0.25) is 0 Å². The highest BCUT2D eigenvalue weighted by Gasteiger charge is 2.39. The van der Waals surface area contributed by atoms with Crippen LogP contribution in [0, 0.1) is 10.1 Å². The minimum atomic E-state index is -1.25. The number of benzene rings is 2. The van der Waals surface area contributed by atoms with Crippen LogP contribution in [0.25, 0.3) is 0 Å². The number of esters is 1. The SMILES string of the molecule is COC(C)(COC(=O)C1=C(C)NC(C)=C(C(=O)O)C1c1cccc([N+](=O)[O-])c1)c1ccccc1. The van der Waals surface area contributed by atoms with Crippen molar-refractivity contribution in [1.29, 1.82) is 0 Å². The van der Waals surface area contributed by atoms with Crippen LogP contribution >= 0.6 is 0 Å². The standard InChI is InChI=1S/C25H26N2O7/c1-15-20(23(28)29)22(17-9-8-12-19(13-17)27(31)32)21(16(2)26-15)24(30)34-14-25(3,33-4)18-10-6-5-7-11-18/h5-13,22,26H,14H2,1-4H3,(H,28,29). The van der Waals surface area contributed by atoms with E-state index in [4.69, 9.17) is 9.47 Å². The lowest BCUT2D eigenvalue weighted by Crippen LogP contribution is -2.35. The Morgan fingerprint density at radius 2 is 1.74 bits per heavy atom. The first-order valence-corrected chi connectivity index (χ1v) is 10.5. The number of carboxylic acids is 1. The summed E-state index contributed by atoms with van der Waals surface area (Å²) in [6.07, 6.45) is 0. The van der Waals surface area contributed by atoms with E-state index in [-0.39, 0.29) is 23.4 Å². The lowest BCUT2D eigenvalue weighted by Gasteiger charge is -2.31. The summed E-state index contributed by atoms with van der Waals surface area (Å²) < 4.78 is 11.3. The maximum atomic E-state index is 13.4. The molecule has 2 unspecified atom stereocenters. The molecule has 0 radical (unpaired) electrons. The molecule has 2 atom stereocenters. The molecule has 3 rings (SSSR count). The summed E-state index contributed by atoms with van der Waals surface area (Å²) >= 11 is 0. The summed E-state index contributed by atoms with van der Waals surface area (Å²) in [6, 6.07) is 14.8. The smallest absolute Gasteiger partial charge is 0.336 e. The number of carbonyl (C=O) groups is 2. The number of dihydropyridines is 1. The Labute approximate surface area is 196 Å². The molecule has 1 heterocycles. The van der Waals surface area contributed by atoms with Gasteiger partial charge in [-0.1, -0.05) is 42.5 Å². The molecular formula is C25H26N2O7. The molecule has 0 aromatic heterocycles. The summed E-state index contributed by atoms with van der Waals surface area (Å²) in [5, 5.41) is 24.2. The Morgan fingerprint density at radius 1 is 1.09 bits per heavy atom. The zero-order chi connectivity index (χ0) is 25.0. The number of allylic oxidation sites excluding steroid dienone is 2. The van der Waals surface area contributed by atoms with Crippen molar-refractivity contribution in [2.24, 2.45) is 0 Å². The second kappa shape index (κ2) is 9.88. The monoisotopic (exact) mass is 466 g/mol. The first kappa shape index (κ1) is 24.7. The van der Waals surface area contributed by atoms with E-state index in [1.54, 1.807) is 26.8 Å². The third kappa shape index (κ3) is 4.84. The third-order valence-electron chi connectivity index (χ3n) is 5.94. The highest BCUT2D eigenvalue weighted by atomic mass is 16.6. The molecule has 1 aliphatic rings. The number of rotatable bonds is 8. The Balaban J connectivity index is 2.01. The molecule has 0 saturated carbocycles. The number of nitro groups is 1. The summed E-state index contributed by atoms with van der Waals surface area (Å²) in [4.78, 5) is 36.3. The topological polar surface area (TPSA) is 128 Å². The number of hydrogen-bond donors (Lipinski definition) is 2. The van der Waals surface area contributed by atoms with Gasteiger partial charge >= 0.3 is 11.9 Å². The van der Waals surface area contributed by atoms with Crippen molar-refractivity contribution in [2.75, 3.05) is 13.7 Å². The molecule has 0 amide bonds. The molecule has 0 spiro atoms. The number of carbonyl (C=O) groups excluding carboxylic acids is 1. The van der Waals surface area contributed by atoms with Crippen molar-refractivity contribution < 1.29 is 29.1 Å². The number of non-ortho nitro benzene ring substituents is 1. The van der Waals surface area contributed by atoms with Crippen LogP contribution < -0.4 is 5.32 Å². The van der Waals surface area contributed by atoms with Gasteiger partial charge in [0.15, 0.2) is 0 Å². The normalized spacial score (nSPS) is 17.6. The molecule has 2 aromatic rings. The quantitative estimate of drug-likeness (QED) is 0.339. The van der Waals surface area contributed by atoms with Gasteiger partial charge in [0.05, 0.1) is 22.0 Å². The van der Waals surface area contributed by atoms with Gasteiger partial charge in [-0.15, -0.1) is 0 Å². The van der Waals surface area contributed by atoms with Gasteiger partial charge in [0.2, 0.25) is 0 Å². The van der Waals surface area contributed by atoms with E-state index in [2.05, 4.69) is 5.32 Å². The fourth-order valence-electron chi connectivity index (χ4n) is 4.03. The summed E-state index contributed by atoms with van der Waals surface area (Å²) in [5.74, 6) is -3.05. The van der Waals surface area contributed by atoms with E-state index in [1.165, 1.54) is 25.3 Å². The Kier molecular flexibility index (Phi) is 7.17. The Bertz CT molecular complexity index is 1190. The predicted molar refractivity (Wildman–Crippen MR) is 124 cm³/mol. The molecule has 0 bridgehead atoms. The van der Waals surface area contributed by atoms with E-state index < -0.39 is 28.4 Å². The average Bonchev–Trinajstić information content (AvgIpc) is 2.82. The van der Waals surface area contributed by atoms with Crippen molar-refractivity contribution >= 4 is 17.6 Å². The van der Waals surface area contributed by atoms with Gasteiger partial charge in [-0.2, -0.15) is 0 Å². The number of carboxylic acid groups (broad SMARTS) is 1. The number of nitrogens with one attached hydrogen (secondary N) is 1. The number of aliphatic carboxylic acids is 1. The van der Waals surface area contributed by atoms with E-state index in [9.17, 15) is 24.8 Å². The van der Waals surface area contributed by atoms with Crippen LogP contribution in [0.15, 0.2) is 77.1 Å². The van der Waals surface area contributed by atoms with Gasteiger partial charge in [-0.25, -0.2) is 9.59 Å². The predicted octanol–water partition coefficient (Wildman–Crippen LogP) is 4.02. The number of nitro benzene ring substituents is 1.